The maximum Gasteiger partial charge on any atom is 0.124 e. The topological polar surface area (TPSA) is 38.4 Å². The van der Waals surface area contributed by atoms with Crippen LogP contribution in [0, 0.1) is 0 Å². The number of hydrogen-bond donors (Lipinski definition) is 1. The van der Waals surface area contributed by atoms with Gasteiger partial charge in [-0.3, -0.25) is 4.99 Å². The van der Waals surface area contributed by atoms with Gasteiger partial charge in [-0.15, -0.1) is 0 Å². The van der Waals surface area contributed by atoms with Crippen molar-refractivity contribution >= 4 is 16.8 Å². The van der Waals surface area contributed by atoms with Crippen LogP contribution in [0.15, 0.2) is 28.4 Å². The van der Waals surface area contributed by atoms with Crippen LogP contribution in [0.1, 0.15) is 39.0 Å². The van der Waals surface area contributed by atoms with Crippen LogP contribution in [-0.4, -0.2) is 10.7 Å². The van der Waals surface area contributed by atoms with Gasteiger partial charge >= 0.3 is 0 Å². The minimum atomic E-state index is -0.205. The zero-order valence-electron chi connectivity index (χ0n) is 9.09. The zero-order valence-corrected chi connectivity index (χ0v) is 9.85. The fraction of sp³-hybridized carbons (Fsp3) is 0.583. The van der Waals surface area contributed by atoms with Crippen molar-refractivity contribution in [3.05, 3.63) is 23.4 Å². The third kappa shape index (κ3) is 1.83. The van der Waals surface area contributed by atoms with Gasteiger partial charge in [0.2, 0.25) is 0 Å². The molecule has 15 heavy (non-hydrogen) atoms. The molecule has 0 saturated carbocycles. The molecule has 0 fully saturated rings. The lowest BCUT2D eigenvalue weighted by Gasteiger charge is -2.34. The van der Waals surface area contributed by atoms with Crippen molar-refractivity contribution in [2.24, 2.45) is 10.7 Å². The molecule has 3 heteroatoms. The minimum absolute atomic E-state index is 0.205. The Bertz CT molecular complexity index is 355. The van der Waals surface area contributed by atoms with Crippen LogP contribution in [0.25, 0.3) is 0 Å². The molecular weight excluding hydrogens is 208 g/mol. The van der Waals surface area contributed by atoms with Crippen LogP contribution in [0.3, 0.4) is 0 Å². The van der Waals surface area contributed by atoms with Crippen LogP contribution in [-0.2, 0) is 0 Å². The van der Waals surface area contributed by atoms with Crippen molar-refractivity contribution < 1.29 is 0 Å². The number of allylic oxidation sites excluding steroid dienone is 3. The van der Waals surface area contributed by atoms with Crippen molar-refractivity contribution in [3.63, 3.8) is 0 Å². The molecule has 0 amide bonds. The molecule has 1 heterocycles. The molecule has 1 aliphatic carbocycles. The van der Waals surface area contributed by atoms with Crippen molar-refractivity contribution in [3.8, 4) is 0 Å². The summed E-state index contributed by atoms with van der Waals surface area (Å²) in [6.45, 7) is 2.16. The van der Waals surface area contributed by atoms with E-state index >= 15 is 0 Å². The number of rotatable bonds is 2. The average Bonchev–Trinajstić information content (AvgIpc) is 2.28. The van der Waals surface area contributed by atoms with Gasteiger partial charge in [0.05, 0.1) is 0 Å². The van der Waals surface area contributed by atoms with Gasteiger partial charge in [-0.2, -0.15) is 0 Å². The molecule has 2 N–H and O–H groups in total. The second-order valence-corrected chi connectivity index (χ2v) is 4.73. The van der Waals surface area contributed by atoms with Gasteiger partial charge in [-0.1, -0.05) is 31.0 Å². The molecule has 2 rings (SSSR count). The molecule has 82 valence electrons. The predicted octanol–water partition coefficient (Wildman–Crippen LogP) is 3.13. The Morgan fingerprint density at radius 3 is 3.07 bits per heavy atom. The van der Waals surface area contributed by atoms with E-state index < -0.39 is 0 Å². The van der Waals surface area contributed by atoms with Gasteiger partial charge in [0.25, 0.3) is 0 Å². The quantitative estimate of drug-likeness (QED) is 0.769. The molecule has 2 nitrogen and oxygen atoms in total. The maximum atomic E-state index is 6.23. The first-order chi connectivity index (χ1) is 7.18. The van der Waals surface area contributed by atoms with E-state index in [1.54, 1.807) is 0 Å². The Hall–Kier alpha value is -0.760. The first-order valence-corrected chi connectivity index (χ1v) is 5.98. The normalized spacial score (nSPS) is 30.1. The lowest BCUT2D eigenvalue weighted by molar-refractivity contribution is 0.389. The molecular formula is C12H17ClN2. The smallest absolute Gasteiger partial charge is 0.124 e. The summed E-state index contributed by atoms with van der Waals surface area (Å²) >= 11 is 6.06. The Balaban J connectivity index is 2.48. The summed E-state index contributed by atoms with van der Waals surface area (Å²) in [6, 6.07) is 0. The highest BCUT2D eigenvalue weighted by atomic mass is 35.5. The summed E-state index contributed by atoms with van der Waals surface area (Å²) in [5, 5.41) is 0.586. The zero-order chi connectivity index (χ0) is 10.9. The van der Waals surface area contributed by atoms with E-state index in [4.69, 9.17) is 17.3 Å². The number of fused-ring (bicyclic) bond motifs is 1. The fourth-order valence-electron chi connectivity index (χ4n) is 2.57. The fourth-order valence-corrected chi connectivity index (χ4v) is 2.79. The molecule has 0 aromatic heterocycles. The SMILES string of the molecule is CCCC12CCCC(=C1N)C=CC(Cl)=N2. The number of nitrogens with two attached hydrogens (primary N) is 1. The van der Waals surface area contributed by atoms with Crippen LogP contribution < -0.4 is 5.73 Å². The van der Waals surface area contributed by atoms with Crippen molar-refractivity contribution in [2.45, 2.75) is 44.6 Å². The molecule has 0 aromatic rings. The molecule has 0 spiro atoms. The van der Waals surface area contributed by atoms with E-state index in [2.05, 4.69) is 11.9 Å². The van der Waals surface area contributed by atoms with Gasteiger partial charge in [0.1, 0.15) is 10.7 Å². The summed E-state index contributed by atoms with van der Waals surface area (Å²) < 4.78 is 0. The summed E-state index contributed by atoms with van der Waals surface area (Å²) in [7, 11) is 0. The Kier molecular flexibility index (Phi) is 2.87. The van der Waals surface area contributed by atoms with Crippen molar-refractivity contribution in [2.75, 3.05) is 0 Å². The molecule has 1 atom stereocenters. The van der Waals surface area contributed by atoms with Crippen molar-refractivity contribution in [1.82, 2.24) is 0 Å². The van der Waals surface area contributed by atoms with Gasteiger partial charge in [-0.05, 0) is 37.3 Å². The summed E-state index contributed by atoms with van der Waals surface area (Å²) in [5.41, 5.74) is 8.20. The van der Waals surface area contributed by atoms with Crippen LogP contribution in [0.5, 0.6) is 0 Å². The Morgan fingerprint density at radius 1 is 1.53 bits per heavy atom. The lowest BCUT2D eigenvalue weighted by Crippen LogP contribution is -2.37. The second kappa shape index (κ2) is 4.01. The maximum absolute atomic E-state index is 6.23. The summed E-state index contributed by atoms with van der Waals surface area (Å²) in [4.78, 5) is 4.61. The number of aliphatic imine (C=N–C) groups is 1. The highest BCUT2D eigenvalue weighted by Gasteiger charge is 2.36. The predicted molar refractivity (Wildman–Crippen MR) is 65.1 cm³/mol. The van der Waals surface area contributed by atoms with E-state index in [1.807, 2.05) is 12.2 Å². The van der Waals surface area contributed by atoms with E-state index in [1.165, 1.54) is 5.57 Å². The van der Waals surface area contributed by atoms with E-state index in [0.717, 1.165) is 37.8 Å². The average molecular weight is 225 g/mol. The third-order valence-corrected chi connectivity index (χ3v) is 3.50. The summed E-state index contributed by atoms with van der Waals surface area (Å²) in [6.07, 6.45) is 9.24. The van der Waals surface area contributed by atoms with Crippen LogP contribution in [0.2, 0.25) is 0 Å². The van der Waals surface area contributed by atoms with Crippen LogP contribution >= 0.6 is 11.6 Å². The second-order valence-electron chi connectivity index (χ2n) is 4.34. The Morgan fingerprint density at radius 2 is 2.33 bits per heavy atom. The standard InChI is InChI=1S/C12H17ClN2/c1-2-7-12-8-3-4-9(11(12)14)5-6-10(13)15-12/h5-6H,2-4,7-8,14H2,1H3. The molecule has 1 unspecified atom stereocenters. The summed E-state index contributed by atoms with van der Waals surface area (Å²) in [5.74, 6) is 0. The van der Waals surface area contributed by atoms with Crippen LogP contribution in [0.4, 0.5) is 0 Å². The number of nitrogens with zero attached hydrogens (tertiary/aromatic N) is 1. The molecule has 0 saturated heterocycles. The number of halogens is 1. The van der Waals surface area contributed by atoms with E-state index in [0.29, 0.717) is 5.17 Å². The van der Waals surface area contributed by atoms with Crippen molar-refractivity contribution in [1.29, 1.82) is 0 Å². The highest BCUT2D eigenvalue weighted by molar-refractivity contribution is 6.68. The molecule has 2 aliphatic rings. The van der Waals surface area contributed by atoms with E-state index in [-0.39, 0.29) is 5.54 Å². The first kappa shape index (κ1) is 10.7. The monoisotopic (exact) mass is 224 g/mol. The van der Waals surface area contributed by atoms with E-state index in [9.17, 15) is 0 Å². The van der Waals surface area contributed by atoms with Gasteiger partial charge in [0, 0.05) is 5.70 Å². The highest BCUT2D eigenvalue weighted by Crippen LogP contribution is 2.39. The first-order valence-electron chi connectivity index (χ1n) is 5.60. The lowest BCUT2D eigenvalue weighted by atomic mass is 9.78. The molecule has 1 aliphatic heterocycles. The largest absolute Gasteiger partial charge is 0.400 e. The van der Waals surface area contributed by atoms with Gasteiger partial charge < -0.3 is 5.73 Å². The van der Waals surface area contributed by atoms with Gasteiger partial charge in [-0.25, -0.2) is 0 Å². The number of hydrogen-bond acceptors (Lipinski definition) is 2. The molecule has 2 bridgehead atoms. The minimum Gasteiger partial charge on any atom is -0.400 e. The molecule has 0 aromatic carbocycles. The molecule has 0 radical (unpaired) electrons. The Labute approximate surface area is 95.9 Å². The van der Waals surface area contributed by atoms with Gasteiger partial charge in [0.15, 0.2) is 0 Å². The third-order valence-electron chi connectivity index (χ3n) is 3.29.